The van der Waals surface area contributed by atoms with Gasteiger partial charge in [0.15, 0.2) is 0 Å². The molecule has 0 aromatic heterocycles. The SMILES string of the molecule is CC1CNC(Cc2ccccc2)CN1CCCC(F)(F)F. The lowest BCUT2D eigenvalue weighted by Gasteiger charge is -2.39. The molecule has 0 aliphatic carbocycles. The number of piperazine rings is 1. The maximum Gasteiger partial charge on any atom is 0.389 e. The van der Waals surface area contributed by atoms with Gasteiger partial charge in [-0.05, 0) is 31.9 Å². The van der Waals surface area contributed by atoms with Gasteiger partial charge in [0, 0.05) is 31.6 Å². The summed E-state index contributed by atoms with van der Waals surface area (Å²) in [5.41, 5.74) is 1.26. The van der Waals surface area contributed by atoms with Gasteiger partial charge in [-0.15, -0.1) is 0 Å². The first-order valence-corrected chi connectivity index (χ1v) is 7.52. The summed E-state index contributed by atoms with van der Waals surface area (Å²) in [5.74, 6) is 0. The van der Waals surface area contributed by atoms with Crippen LogP contribution in [0.3, 0.4) is 0 Å². The standard InChI is InChI=1S/C16H23F3N2/c1-13-11-20-15(10-14-6-3-2-4-7-14)12-21(13)9-5-8-16(17,18)19/h2-4,6-7,13,15,20H,5,8-12H2,1H3. The second-order valence-corrected chi connectivity index (χ2v) is 5.86. The van der Waals surface area contributed by atoms with E-state index in [1.807, 2.05) is 18.2 Å². The number of nitrogens with zero attached hydrogens (tertiary/aromatic N) is 1. The van der Waals surface area contributed by atoms with Crippen molar-refractivity contribution < 1.29 is 13.2 Å². The van der Waals surface area contributed by atoms with Crippen LogP contribution in [0.4, 0.5) is 13.2 Å². The summed E-state index contributed by atoms with van der Waals surface area (Å²) in [4.78, 5) is 2.18. The molecule has 1 saturated heterocycles. The zero-order chi connectivity index (χ0) is 15.3. The fourth-order valence-corrected chi connectivity index (χ4v) is 2.82. The third kappa shape index (κ3) is 5.67. The molecule has 0 amide bonds. The summed E-state index contributed by atoms with van der Waals surface area (Å²) >= 11 is 0. The van der Waals surface area contributed by atoms with Gasteiger partial charge in [-0.1, -0.05) is 30.3 Å². The first-order valence-electron chi connectivity index (χ1n) is 7.52. The van der Waals surface area contributed by atoms with Crippen LogP contribution < -0.4 is 5.32 Å². The zero-order valence-corrected chi connectivity index (χ0v) is 12.4. The molecular weight excluding hydrogens is 277 g/mol. The molecule has 0 bridgehead atoms. The third-order valence-corrected chi connectivity index (χ3v) is 4.01. The van der Waals surface area contributed by atoms with Gasteiger partial charge in [-0.25, -0.2) is 0 Å². The van der Waals surface area contributed by atoms with Crippen LogP contribution in [-0.2, 0) is 6.42 Å². The fourth-order valence-electron chi connectivity index (χ4n) is 2.82. The van der Waals surface area contributed by atoms with Crippen LogP contribution in [0.1, 0.15) is 25.3 Å². The normalized spacial score (nSPS) is 24.2. The van der Waals surface area contributed by atoms with Gasteiger partial charge in [0.1, 0.15) is 0 Å². The fraction of sp³-hybridized carbons (Fsp3) is 0.625. The van der Waals surface area contributed by atoms with Crippen molar-refractivity contribution in [3.63, 3.8) is 0 Å². The molecule has 1 heterocycles. The lowest BCUT2D eigenvalue weighted by atomic mass is 10.0. The van der Waals surface area contributed by atoms with E-state index in [1.54, 1.807) is 0 Å². The molecule has 1 aromatic carbocycles. The molecule has 1 aromatic rings. The number of hydrogen-bond acceptors (Lipinski definition) is 2. The lowest BCUT2D eigenvalue weighted by molar-refractivity contribution is -0.136. The van der Waals surface area contributed by atoms with Gasteiger partial charge in [-0.2, -0.15) is 13.2 Å². The van der Waals surface area contributed by atoms with Crippen molar-refractivity contribution in [2.45, 2.75) is 44.4 Å². The minimum absolute atomic E-state index is 0.186. The van der Waals surface area contributed by atoms with Gasteiger partial charge in [-0.3, -0.25) is 4.90 Å². The van der Waals surface area contributed by atoms with Crippen LogP contribution in [0.5, 0.6) is 0 Å². The largest absolute Gasteiger partial charge is 0.389 e. The van der Waals surface area contributed by atoms with Crippen molar-refractivity contribution in [2.75, 3.05) is 19.6 Å². The van der Waals surface area contributed by atoms with Gasteiger partial charge in [0.2, 0.25) is 0 Å². The minimum Gasteiger partial charge on any atom is -0.311 e. The number of nitrogens with one attached hydrogen (secondary N) is 1. The van der Waals surface area contributed by atoms with Crippen molar-refractivity contribution in [3.8, 4) is 0 Å². The Hall–Kier alpha value is -1.07. The Morgan fingerprint density at radius 2 is 1.95 bits per heavy atom. The van der Waals surface area contributed by atoms with E-state index in [2.05, 4.69) is 29.3 Å². The molecule has 0 radical (unpaired) electrons. The van der Waals surface area contributed by atoms with Crippen molar-refractivity contribution in [2.24, 2.45) is 0 Å². The minimum atomic E-state index is -4.04. The Morgan fingerprint density at radius 3 is 2.62 bits per heavy atom. The third-order valence-electron chi connectivity index (χ3n) is 4.01. The molecule has 21 heavy (non-hydrogen) atoms. The maximum absolute atomic E-state index is 12.2. The number of rotatable bonds is 5. The van der Waals surface area contributed by atoms with Gasteiger partial charge >= 0.3 is 6.18 Å². The molecule has 0 spiro atoms. The molecule has 2 nitrogen and oxygen atoms in total. The number of halogens is 3. The predicted octanol–water partition coefficient (Wildman–Crippen LogP) is 3.23. The highest BCUT2D eigenvalue weighted by molar-refractivity contribution is 5.16. The second kappa shape index (κ2) is 7.27. The number of hydrogen-bond donors (Lipinski definition) is 1. The molecule has 2 atom stereocenters. The molecular formula is C16H23F3N2. The molecule has 1 aliphatic rings. The van der Waals surface area contributed by atoms with Crippen molar-refractivity contribution in [1.82, 2.24) is 10.2 Å². The van der Waals surface area contributed by atoms with E-state index in [4.69, 9.17) is 0 Å². The molecule has 1 N–H and O–H groups in total. The van der Waals surface area contributed by atoms with E-state index in [0.29, 0.717) is 18.6 Å². The summed E-state index contributed by atoms with van der Waals surface area (Å²) < 4.78 is 36.7. The summed E-state index contributed by atoms with van der Waals surface area (Å²) in [6, 6.07) is 10.8. The highest BCUT2D eigenvalue weighted by atomic mass is 19.4. The molecule has 2 rings (SSSR count). The van der Waals surface area contributed by atoms with Gasteiger partial charge in [0.05, 0.1) is 0 Å². The number of benzene rings is 1. The Labute approximate surface area is 124 Å². The van der Waals surface area contributed by atoms with E-state index in [1.165, 1.54) is 5.56 Å². The molecule has 1 aliphatic heterocycles. The van der Waals surface area contributed by atoms with E-state index in [0.717, 1.165) is 19.5 Å². The Balaban J connectivity index is 1.81. The van der Waals surface area contributed by atoms with Crippen molar-refractivity contribution in [3.05, 3.63) is 35.9 Å². The molecule has 0 saturated carbocycles. The molecule has 2 unspecified atom stereocenters. The highest BCUT2D eigenvalue weighted by Gasteiger charge is 2.29. The lowest BCUT2D eigenvalue weighted by Crippen LogP contribution is -2.56. The second-order valence-electron chi connectivity index (χ2n) is 5.86. The summed E-state index contributed by atoms with van der Waals surface area (Å²) in [7, 11) is 0. The summed E-state index contributed by atoms with van der Waals surface area (Å²) in [6.45, 7) is 4.24. The Bertz CT molecular complexity index is 419. The summed E-state index contributed by atoms with van der Waals surface area (Å²) in [5, 5.41) is 3.49. The highest BCUT2D eigenvalue weighted by Crippen LogP contribution is 2.22. The first kappa shape index (κ1) is 16.3. The van der Waals surface area contributed by atoms with E-state index in [9.17, 15) is 13.2 Å². The smallest absolute Gasteiger partial charge is 0.311 e. The van der Waals surface area contributed by atoms with Crippen LogP contribution in [-0.4, -0.2) is 42.8 Å². The van der Waals surface area contributed by atoms with Crippen LogP contribution in [0.25, 0.3) is 0 Å². The molecule has 1 fully saturated rings. The summed E-state index contributed by atoms with van der Waals surface area (Å²) in [6.07, 6.45) is -3.62. The zero-order valence-electron chi connectivity index (χ0n) is 12.4. The topological polar surface area (TPSA) is 15.3 Å². The molecule has 5 heteroatoms. The van der Waals surface area contributed by atoms with E-state index < -0.39 is 12.6 Å². The quantitative estimate of drug-likeness (QED) is 0.898. The average molecular weight is 300 g/mol. The average Bonchev–Trinajstić information content (AvgIpc) is 2.42. The maximum atomic E-state index is 12.2. The van der Waals surface area contributed by atoms with Crippen LogP contribution in [0.15, 0.2) is 30.3 Å². The van der Waals surface area contributed by atoms with Crippen molar-refractivity contribution >= 4 is 0 Å². The Kier molecular flexibility index (Phi) is 5.65. The van der Waals surface area contributed by atoms with Crippen LogP contribution in [0.2, 0.25) is 0 Å². The van der Waals surface area contributed by atoms with Gasteiger partial charge in [0.25, 0.3) is 0 Å². The van der Waals surface area contributed by atoms with E-state index in [-0.39, 0.29) is 6.42 Å². The molecule has 118 valence electrons. The number of alkyl halides is 3. The van der Waals surface area contributed by atoms with E-state index >= 15 is 0 Å². The van der Waals surface area contributed by atoms with Crippen LogP contribution in [0, 0.1) is 0 Å². The first-order chi connectivity index (χ1) is 9.94. The van der Waals surface area contributed by atoms with Crippen molar-refractivity contribution in [1.29, 1.82) is 0 Å². The monoisotopic (exact) mass is 300 g/mol. The van der Waals surface area contributed by atoms with Crippen LogP contribution >= 0.6 is 0 Å². The Morgan fingerprint density at radius 1 is 1.24 bits per heavy atom. The predicted molar refractivity (Wildman–Crippen MR) is 78.3 cm³/mol. The van der Waals surface area contributed by atoms with Gasteiger partial charge < -0.3 is 5.32 Å².